The molecule has 1 atom stereocenters. The molecule has 0 amide bonds. The van der Waals surface area contributed by atoms with Gasteiger partial charge in [-0.3, -0.25) is 10.1 Å². The van der Waals surface area contributed by atoms with Gasteiger partial charge in [-0.15, -0.1) is 0 Å². The minimum atomic E-state index is -0.258. The van der Waals surface area contributed by atoms with Crippen molar-refractivity contribution in [2.24, 2.45) is 0 Å². The number of rotatable bonds is 6. The van der Waals surface area contributed by atoms with Gasteiger partial charge in [0.1, 0.15) is 23.3 Å². The van der Waals surface area contributed by atoms with E-state index >= 15 is 0 Å². The van der Waals surface area contributed by atoms with Gasteiger partial charge >= 0.3 is 0 Å². The zero-order chi connectivity index (χ0) is 20.2. The number of pyridine rings is 1. The molecule has 0 radical (unpaired) electrons. The molecule has 0 fully saturated rings. The maximum absolute atomic E-state index is 13.2. The third kappa shape index (κ3) is 4.55. The molecule has 3 aromatic heterocycles. The summed E-state index contributed by atoms with van der Waals surface area (Å²) in [6.07, 6.45) is 6.92. The lowest BCUT2D eigenvalue weighted by Crippen LogP contribution is -2.09. The molecule has 4 rings (SSSR count). The summed E-state index contributed by atoms with van der Waals surface area (Å²) in [6.45, 7) is 3.88. The number of H-pyrrole nitrogens is 1. The molecule has 0 unspecified atom stereocenters. The van der Waals surface area contributed by atoms with Crippen LogP contribution in [-0.2, 0) is 0 Å². The van der Waals surface area contributed by atoms with E-state index < -0.39 is 0 Å². The van der Waals surface area contributed by atoms with Crippen LogP contribution >= 0.6 is 0 Å². The van der Waals surface area contributed by atoms with Crippen molar-refractivity contribution >= 4 is 17.5 Å². The number of nitrogens with one attached hydrogen (secondary N) is 3. The Labute approximate surface area is 167 Å². The first-order valence-corrected chi connectivity index (χ1v) is 9.16. The van der Waals surface area contributed by atoms with Crippen LogP contribution in [0, 0.1) is 12.7 Å². The second-order valence-electron chi connectivity index (χ2n) is 6.70. The van der Waals surface area contributed by atoms with Crippen LogP contribution in [0.2, 0.25) is 0 Å². The summed E-state index contributed by atoms with van der Waals surface area (Å²) in [5.41, 5.74) is 3.67. The molecule has 1 aromatic carbocycles. The highest BCUT2D eigenvalue weighted by atomic mass is 19.1. The molecule has 146 valence electrons. The highest BCUT2D eigenvalue weighted by Crippen LogP contribution is 2.27. The molecule has 7 nitrogen and oxygen atoms in total. The number of halogens is 1. The van der Waals surface area contributed by atoms with Crippen molar-refractivity contribution in [3.05, 3.63) is 78.3 Å². The van der Waals surface area contributed by atoms with Crippen molar-refractivity contribution < 1.29 is 4.39 Å². The van der Waals surface area contributed by atoms with E-state index in [1.165, 1.54) is 12.1 Å². The summed E-state index contributed by atoms with van der Waals surface area (Å²) in [7, 11) is 0. The lowest BCUT2D eigenvalue weighted by molar-refractivity contribution is 0.626. The van der Waals surface area contributed by atoms with Crippen molar-refractivity contribution in [1.82, 2.24) is 25.1 Å². The monoisotopic (exact) mass is 389 g/mol. The minimum absolute atomic E-state index is 0.0604. The molecule has 4 aromatic rings. The van der Waals surface area contributed by atoms with E-state index in [9.17, 15) is 4.39 Å². The van der Waals surface area contributed by atoms with E-state index in [1.807, 2.05) is 32.2 Å². The number of benzene rings is 1. The van der Waals surface area contributed by atoms with Crippen molar-refractivity contribution in [1.29, 1.82) is 0 Å². The lowest BCUT2D eigenvalue weighted by atomic mass is 10.1. The third-order valence-electron chi connectivity index (χ3n) is 4.43. The highest BCUT2D eigenvalue weighted by molar-refractivity contribution is 5.71. The second kappa shape index (κ2) is 8.05. The van der Waals surface area contributed by atoms with E-state index in [-0.39, 0.29) is 11.9 Å². The highest BCUT2D eigenvalue weighted by Gasteiger charge is 2.11. The van der Waals surface area contributed by atoms with Crippen LogP contribution in [0.3, 0.4) is 0 Å². The normalized spacial score (nSPS) is 11.8. The number of nitrogens with zero attached hydrogens (tertiary/aromatic N) is 4. The predicted molar refractivity (Wildman–Crippen MR) is 110 cm³/mol. The third-order valence-corrected chi connectivity index (χ3v) is 4.43. The van der Waals surface area contributed by atoms with Crippen molar-refractivity contribution in [2.45, 2.75) is 19.9 Å². The van der Waals surface area contributed by atoms with Crippen molar-refractivity contribution in [3.63, 3.8) is 0 Å². The molecule has 3 heterocycles. The van der Waals surface area contributed by atoms with Crippen molar-refractivity contribution in [2.75, 3.05) is 10.6 Å². The molecular formula is C21H20FN7. The van der Waals surface area contributed by atoms with Crippen LogP contribution < -0.4 is 10.6 Å². The van der Waals surface area contributed by atoms with Gasteiger partial charge in [0.05, 0.1) is 24.3 Å². The smallest absolute Gasteiger partial charge is 0.150 e. The summed E-state index contributed by atoms with van der Waals surface area (Å²) < 4.78 is 13.2. The van der Waals surface area contributed by atoms with Crippen LogP contribution in [-0.4, -0.2) is 25.1 Å². The van der Waals surface area contributed by atoms with Crippen LogP contribution in [0.25, 0.3) is 11.1 Å². The Balaban J connectivity index is 1.64. The topological polar surface area (TPSA) is 91.4 Å². The summed E-state index contributed by atoms with van der Waals surface area (Å²) >= 11 is 0. The molecule has 0 saturated carbocycles. The van der Waals surface area contributed by atoms with Gasteiger partial charge in [0.25, 0.3) is 0 Å². The van der Waals surface area contributed by atoms with Gasteiger partial charge in [-0.2, -0.15) is 5.10 Å². The summed E-state index contributed by atoms with van der Waals surface area (Å²) in [6, 6.07) is 10.2. The van der Waals surface area contributed by atoms with Gasteiger partial charge in [0.15, 0.2) is 0 Å². The van der Waals surface area contributed by atoms with Crippen LogP contribution in [0.1, 0.15) is 24.2 Å². The quantitative estimate of drug-likeness (QED) is 0.445. The average molecular weight is 389 g/mol. The Bertz CT molecular complexity index is 1080. The molecule has 29 heavy (non-hydrogen) atoms. The van der Waals surface area contributed by atoms with Gasteiger partial charge < -0.3 is 10.6 Å². The first kappa shape index (κ1) is 18.5. The average Bonchev–Trinajstić information content (AvgIpc) is 3.25. The second-order valence-corrected chi connectivity index (χ2v) is 6.70. The zero-order valence-electron chi connectivity index (χ0n) is 16.0. The zero-order valence-corrected chi connectivity index (χ0v) is 16.0. The summed E-state index contributed by atoms with van der Waals surface area (Å²) in [4.78, 5) is 13.2. The Hall–Kier alpha value is -3.81. The Morgan fingerprint density at radius 3 is 2.41 bits per heavy atom. The molecule has 0 aliphatic heterocycles. The fraction of sp³-hybridized carbons (Fsp3) is 0.143. The molecule has 0 spiro atoms. The molecule has 0 aliphatic carbocycles. The van der Waals surface area contributed by atoms with Gasteiger partial charge in [0, 0.05) is 17.8 Å². The molecule has 0 bridgehead atoms. The van der Waals surface area contributed by atoms with Crippen molar-refractivity contribution in [3.8, 4) is 11.1 Å². The summed E-state index contributed by atoms with van der Waals surface area (Å²) in [5.74, 6) is 1.63. The number of aromatic nitrogens is 5. The number of hydrogen-bond donors (Lipinski definition) is 3. The molecule has 0 aliphatic rings. The van der Waals surface area contributed by atoms with Crippen LogP contribution in [0.4, 0.5) is 21.8 Å². The Morgan fingerprint density at radius 1 is 0.931 bits per heavy atom. The fourth-order valence-electron chi connectivity index (χ4n) is 2.89. The van der Waals surface area contributed by atoms with E-state index in [2.05, 4.69) is 35.8 Å². The fourth-order valence-corrected chi connectivity index (χ4v) is 2.89. The maximum atomic E-state index is 13.2. The molecule has 0 saturated heterocycles. The Kier molecular flexibility index (Phi) is 5.15. The summed E-state index contributed by atoms with van der Waals surface area (Å²) in [5, 5.41) is 13.4. The van der Waals surface area contributed by atoms with E-state index in [0.717, 1.165) is 22.4 Å². The SMILES string of the molecule is Cc1cnc(Nc2cc(-c3cn[nH]c3)cc(N[C@@H](C)c3ccc(F)cc3)n2)cn1. The standard InChI is InChI=1S/C21H20FN7/c1-13-9-24-21(12-23-13)29-20-8-16(17-10-25-26-11-17)7-19(28-20)27-14(2)15-3-5-18(22)6-4-15/h3-12,14H,1-2H3,(H,25,26)(H2,24,27,28,29)/t14-/m0/s1. The minimum Gasteiger partial charge on any atom is -0.363 e. The van der Waals surface area contributed by atoms with E-state index in [0.29, 0.717) is 17.5 Å². The van der Waals surface area contributed by atoms with E-state index in [1.54, 1.807) is 30.7 Å². The van der Waals surface area contributed by atoms with Gasteiger partial charge in [-0.05, 0) is 49.2 Å². The first-order chi connectivity index (χ1) is 14.1. The molecule has 3 N–H and O–H groups in total. The van der Waals surface area contributed by atoms with Gasteiger partial charge in [0.2, 0.25) is 0 Å². The largest absolute Gasteiger partial charge is 0.363 e. The number of hydrogen-bond acceptors (Lipinski definition) is 6. The number of aryl methyl sites for hydroxylation is 1. The number of anilines is 3. The van der Waals surface area contributed by atoms with Gasteiger partial charge in [-0.1, -0.05) is 12.1 Å². The van der Waals surface area contributed by atoms with Crippen LogP contribution in [0.5, 0.6) is 0 Å². The lowest BCUT2D eigenvalue weighted by Gasteiger charge is -2.17. The molecular weight excluding hydrogens is 369 g/mol. The predicted octanol–water partition coefficient (Wildman–Crippen LogP) is 4.63. The number of aromatic amines is 1. The Morgan fingerprint density at radius 2 is 1.72 bits per heavy atom. The van der Waals surface area contributed by atoms with Gasteiger partial charge in [-0.25, -0.2) is 14.4 Å². The first-order valence-electron chi connectivity index (χ1n) is 9.16. The van der Waals surface area contributed by atoms with Crippen LogP contribution in [0.15, 0.2) is 61.2 Å². The van der Waals surface area contributed by atoms with E-state index in [4.69, 9.17) is 0 Å². The molecule has 8 heteroatoms. The maximum Gasteiger partial charge on any atom is 0.150 e.